The van der Waals surface area contributed by atoms with Gasteiger partial charge in [0.25, 0.3) is 0 Å². The number of methoxy groups -OCH3 is 2. The lowest BCUT2D eigenvalue weighted by Gasteiger charge is -2.15. The molecule has 27 heavy (non-hydrogen) atoms. The molecule has 0 saturated heterocycles. The highest BCUT2D eigenvalue weighted by atomic mass is 16.5. The van der Waals surface area contributed by atoms with Crippen molar-refractivity contribution in [1.29, 1.82) is 0 Å². The normalized spacial score (nSPS) is 10.3. The van der Waals surface area contributed by atoms with Crippen LogP contribution < -0.4 is 0 Å². The number of esters is 2. The molecule has 0 unspecified atom stereocenters. The molecule has 1 heterocycles. The average molecular weight is 361 g/mol. The van der Waals surface area contributed by atoms with Crippen molar-refractivity contribution in [1.82, 2.24) is 4.98 Å². The number of nitrogens with zero attached hydrogens (tertiary/aromatic N) is 1. The van der Waals surface area contributed by atoms with E-state index >= 15 is 0 Å². The summed E-state index contributed by atoms with van der Waals surface area (Å²) in [6.45, 7) is 1.96. The third-order valence-corrected chi connectivity index (χ3v) is 4.29. The van der Waals surface area contributed by atoms with E-state index < -0.39 is 11.9 Å². The van der Waals surface area contributed by atoms with Gasteiger partial charge in [-0.1, -0.05) is 54.6 Å². The number of ether oxygens (including phenoxy) is 2. The molecule has 2 aromatic carbocycles. The van der Waals surface area contributed by atoms with E-state index in [4.69, 9.17) is 9.47 Å². The second-order valence-electron chi connectivity index (χ2n) is 5.94. The summed E-state index contributed by atoms with van der Waals surface area (Å²) in [5, 5.41) is 0. The van der Waals surface area contributed by atoms with Gasteiger partial charge in [0.05, 0.1) is 19.9 Å². The summed E-state index contributed by atoms with van der Waals surface area (Å²) in [5.41, 5.74) is 3.83. The number of rotatable bonds is 4. The van der Waals surface area contributed by atoms with Crippen LogP contribution in [0.5, 0.6) is 0 Å². The Morgan fingerprint density at radius 1 is 0.815 bits per heavy atom. The molecule has 5 heteroatoms. The molecule has 0 atom stereocenters. The van der Waals surface area contributed by atoms with Crippen LogP contribution in [0.1, 0.15) is 26.4 Å². The van der Waals surface area contributed by atoms with Gasteiger partial charge in [0.1, 0.15) is 5.56 Å². The molecule has 5 nitrogen and oxygen atoms in total. The van der Waals surface area contributed by atoms with Crippen LogP contribution in [0.25, 0.3) is 22.4 Å². The van der Waals surface area contributed by atoms with Gasteiger partial charge in [0.15, 0.2) is 5.69 Å². The summed E-state index contributed by atoms with van der Waals surface area (Å²) >= 11 is 0. The number of pyridine rings is 1. The van der Waals surface area contributed by atoms with Crippen molar-refractivity contribution in [3.05, 3.63) is 77.5 Å². The van der Waals surface area contributed by atoms with Gasteiger partial charge in [0.2, 0.25) is 0 Å². The van der Waals surface area contributed by atoms with Gasteiger partial charge in [0, 0.05) is 11.1 Å². The van der Waals surface area contributed by atoms with Crippen molar-refractivity contribution in [3.8, 4) is 22.4 Å². The maximum Gasteiger partial charge on any atom is 0.357 e. The molecule has 0 radical (unpaired) electrons. The first-order chi connectivity index (χ1) is 13.1. The maximum absolute atomic E-state index is 12.5. The van der Waals surface area contributed by atoms with Crippen molar-refractivity contribution in [2.24, 2.45) is 0 Å². The zero-order valence-corrected chi connectivity index (χ0v) is 15.4. The van der Waals surface area contributed by atoms with Crippen molar-refractivity contribution in [2.75, 3.05) is 14.2 Å². The van der Waals surface area contributed by atoms with Crippen molar-refractivity contribution >= 4 is 11.9 Å². The van der Waals surface area contributed by atoms with Gasteiger partial charge in [-0.05, 0) is 24.1 Å². The molecule has 0 bridgehead atoms. The Labute approximate surface area is 157 Å². The zero-order valence-electron chi connectivity index (χ0n) is 15.4. The van der Waals surface area contributed by atoms with E-state index in [1.54, 1.807) is 6.07 Å². The van der Waals surface area contributed by atoms with E-state index in [1.165, 1.54) is 14.2 Å². The first-order valence-electron chi connectivity index (χ1n) is 8.40. The van der Waals surface area contributed by atoms with Gasteiger partial charge < -0.3 is 9.47 Å². The highest BCUT2D eigenvalue weighted by Crippen LogP contribution is 2.32. The minimum Gasteiger partial charge on any atom is -0.465 e. The Bertz CT molecular complexity index is 996. The summed E-state index contributed by atoms with van der Waals surface area (Å²) < 4.78 is 9.79. The fourth-order valence-electron chi connectivity index (χ4n) is 2.94. The van der Waals surface area contributed by atoms with Gasteiger partial charge in [-0.3, -0.25) is 0 Å². The Kier molecular flexibility index (Phi) is 5.31. The second-order valence-corrected chi connectivity index (χ2v) is 5.94. The molecule has 0 amide bonds. The van der Waals surface area contributed by atoms with Gasteiger partial charge >= 0.3 is 11.9 Å². The maximum atomic E-state index is 12.5. The number of carbonyl (C=O) groups excluding carboxylic acids is 2. The van der Waals surface area contributed by atoms with Crippen LogP contribution in [0.2, 0.25) is 0 Å². The molecular formula is C22H19NO4. The summed E-state index contributed by atoms with van der Waals surface area (Å²) in [7, 11) is 2.53. The largest absolute Gasteiger partial charge is 0.465 e. The van der Waals surface area contributed by atoms with Crippen molar-refractivity contribution in [3.63, 3.8) is 0 Å². The monoisotopic (exact) mass is 361 g/mol. The summed E-state index contributed by atoms with van der Waals surface area (Å²) in [6.07, 6.45) is 0. The van der Waals surface area contributed by atoms with Crippen molar-refractivity contribution < 1.29 is 19.1 Å². The predicted octanol–water partition coefficient (Wildman–Crippen LogP) is 4.30. The number of benzene rings is 2. The Morgan fingerprint density at radius 3 is 2.07 bits per heavy atom. The third-order valence-electron chi connectivity index (χ3n) is 4.29. The molecule has 0 spiro atoms. The van der Waals surface area contributed by atoms with Gasteiger partial charge in [-0.15, -0.1) is 0 Å². The standard InChI is InChI=1S/C22H19NO4/c1-14-9-7-8-12-16(14)18-13-17(15-10-5-4-6-11-15)19(21(24)26-2)20(23-18)22(25)27-3/h4-13H,1-3H3. The SMILES string of the molecule is COC(=O)c1nc(-c2ccccc2C)cc(-c2ccccc2)c1C(=O)OC. The summed E-state index contributed by atoms with van der Waals surface area (Å²) in [5.74, 6) is -1.33. The van der Waals surface area contributed by atoms with E-state index in [1.807, 2.05) is 61.5 Å². The highest BCUT2D eigenvalue weighted by Gasteiger charge is 2.26. The van der Waals surface area contributed by atoms with E-state index in [0.717, 1.165) is 16.7 Å². The minimum absolute atomic E-state index is 0.0658. The predicted molar refractivity (Wildman–Crippen MR) is 103 cm³/mol. The number of hydrogen-bond acceptors (Lipinski definition) is 5. The number of hydrogen-bond donors (Lipinski definition) is 0. The Balaban J connectivity index is 2.38. The first kappa shape index (κ1) is 18.3. The molecule has 0 N–H and O–H groups in total. The van der Waals surface area contributed by atoms with Crippen LogP contribution in [-0.2, 0) is 9.47 Å². The number of carbonyl (C=O) groups is 2. The lowest BCUT2D eigenvalue weighted by molar-refractivity contribution is 0.0550. The van der Waals surface area contributed by atoms with Crippen LogP contribution in [0.15, 0.2) is 60.7 Å². The fraction of sp³-hybridized carbons (Fsp3) is 0.136. The minimum atomic E-state index is -0.692. The molecule has 0 fully saturated rings. The van der Waals surface area contributed by atoms with Crippen LogP contribution >= 0.6 is 0 Å². The quantitative estimate of drug-likeness (QED) is 0.648. The van der Waals surface area contributed by atoms with Crippen LogP contribution in [0, 0.1) is 6.92 Å². The lowest BCUT2D eigenvalue weighted by Crippen LogP contribution is -2.16. The topological polar surface area (TPSA) is 65.5 Å². The first-order valence-corrected chi connectivity index (χ1v) is 8.40. The van der Waals surface area contributed by atoms with Crippen molar-refractivity contribution in [2.45, 2.75) is 6.92 Å². The molecule has 1 aromatic heterocycles. The molecular weight excluding hydrogens is 342 g/mol. The van der Waals surface area contributed by atoms with E-state index in [0.29, 0.717) is 11.3 Å². The van der Waals surface area contributed by atoms with Crippen LogP contribution in [0.3, 0.4) is 0 Å². The third kappa shape index (κ3) is 3.58. The second kappa shape index (κ2) is 7.83. The van der Waals surface area contributed by atoms with E-state index in [9.17, 15) is 9.59 Å². The molecule has 0 aliphatic carbocycles. The summed E-state index contributed by atoms with van der Waals surface area (Å²) in [4.78, 5) is 29.4. The van der Waals surface area contributed by atoms with E-state index in [2.05, 4.69) is 4.98 Å². The highest BCUT2D eigenvalue weighted by molar-refractivity contribution is 6.07. The number of aryl methyl sites for hydroxylation is 1. The van der Waals surface area contributed by atoms with Crippen LogP contribution in [-0.4, -0.2) is 31.1 Å². The van der Waals surface area contributed by atoms with E-state index in [-0.39, 0.29) is 11.3 Å². The molecule has 136 valence electrons. The molecule has 3 aromatic rings. The van der Waals surface area contributed by atoms with Gasteiger partial charge in [-0.25, -0.2) is 14.6 Å². The molecule has 3 rings (SSSR count). The molecule has 0 aliphatic rings. The average Bonchev–Trinajstić information content (AvgIpc) is 2.72. The Hall–Kier alpha value is -3.47. The summed E-state index contributed by atoms with van der Waals surface area (Å²) in [6, 6.07) is 18.9. The smallest absolute Gasteiger partial charge is 0.357 e. The molecule has 0 aliphatic heterocycles. The Morgan fingerprint density at radius 2 is 1.44 bits per heavy atom. The lowest BCUT2D eigenvalue weighted by atomic mass is 9.95. The zero-order chi connectivity index (χ0) is 19.4. The van der Waals surface area contributed by atoms with Gasteiger partial charge in [-0.2, -0.15) is 0 Å². The molecule has 0 saturated carbocycles. The fourth-order valence-corrected chi connectivity index (χ4v) is 2.94. The van der Waals surface area contributed by atoms with Crippen LogP contribution in [0.4, 0.5) is 0 Å². The number of aromatic nitrogens is 1.